The maximum Gasteiger partial charge on any atom is 0.162 e. The zero-order chi connectivity index (χ0) is 10.0. The second kappa shape index (κ2) is 3.79. The van der Waals surface area contributed by atoms with Crippen molar-refractivity contribution in [3.8, 4) is 0 Å². The van der Waals surface area contributed by atoms with E-state index in [1.54, 1.807) is 0 Å². The first-order chi connectivity index (χ1) is 6.07. The van der Waals surface area contributed by atoms with Gasteiger partial charge in [0, 0.05) is 26.6 Å². The average molecular weight is 183 g/mol. The lowest BCUT2D eigenvalue weighted by Gasteiger charge is -2.13. The van der Waals surface area contributed by atoms with Crippen molar-refractivity contribution in [2.75, 3.05) is 19.0 Å². The van der Waals surface area contributed by atoms with Gasteiger partial charge in [-0.1, -0.05) is 19.0 Å². The molecule has 0 atom stereocenters. The number of hydrogen-bond acceptors (Lipinski definition) is 4. The molecule has 0 saturated carbocycles. The number of hydrogen-bond donors (Lipinski definition) is 1. The summed E-state index contributed by atoms with van der Waals surface area (Å²) in [4.78, 5) is 1.99. The minimum Gasteiger partial charge on any atom is -0.373 e. The summed E-state index contributed by atoms with van der Waals surface area (Å²) in [6, 6.07) is 0. The Kier molecular flexibility index (Phi) is 2.93. The molecule has 2 N–H and O–H groups in total. The van der Waals surface area contributed by atoms with Gasteiger partial charge in [-0.15, -0.1) is 0 Å². The van der Waals surface area contributed by atoms with E-state index in [4.69, 9.17) is 10.3 Å². The third-order valence-electron chi connectivity index (χ3n) is 1.93. The van der Waals surface area contributed by atoms with Gasteiger partial charge in [-0.2, -0.15) is 0 Å². The fourth-order valence-electron chi connectivity index (χ4n) is 1.32. The van der Waals surface area contributed by atoms with Crippen LogP contribution in [0.3, 0.4) is 0 Å². The van der Waals surface area contributed by atoms with Crippen LogP contribution >= 0.6 is 0 Å². The molecule has 0 amide bonds. The van der Waals surface area contributed by atoms with Crippen molar-refractivity contribution in [1.29, 1.82) is 0 Å². The molecule has 0 radical (unpaired) electrons. The fourth-order valence-corrected chi connectivity index (χ4v) is 1.32. The Bertz CT molecular complexity index is 278. The zero-order valence-electron chi connectivity index (χ0n) is 8.66. The highest BCUT2D eigenvalue weighted by atomic mass is 16.5. The molecule has 4 heteroatoms. The summed E-state index contributed by atoms with van der Waals surface area (Å²) in [6.07, 6.45) is 0. The summed E-state index contributed by atoms with van der Waals surface area (Å²) in [5.74, 6) is 1.25. The van der Waals surface area contributed by atoms with Crippen molar-refractivity contribution in [3.05, 3.63) is 11.5 Å². The molecular formula is C9H17N3O. The summed E-state index contributed by atoms with van der Waals surface area (Å²) >= 11 is 0. The molecule has 0 aliphatic carbocycles. The molecule has 0 aromatic carbocycles. The monoisotopic (exact) mass is 183 g/mol. The van der Waals surface area contributed by atoms with Crippen LogP contribution in [0.15, 0.2) is 4.52 Å². The second-order valence-electron chi connectivity index (χ2n) is 3.60. The Labute approximate surface area is 78.7 Å². The molecule has 1 rings (SSSR count). The van der Waals surface area contributed by atoms with E-state index in [2.05, 4.69) is 19.0 Å². The molecule has 1 aromatic rings. The lowest BCUT2D eigenvalue weighted by molar-refractivity contribution is 0.366. The van der Waals surface area contributed by atoms with Gasteiger partial charge >= 0.3 is 0 Å². The topological polar surface area (TPSA) is 55.3 Å². The van der Waals surface area contributed by atoms with Gasteiger partial charge in [0.2, 0.25) is 0 Å². The molecule has 4 nitrogen and oxygen atoms in total. The van der Waals surface area contributed by atoms with Crippen LogP contribution in [0.4, 0.5) is 5.69 Å². The Morgan fingerprint density at radius 2 is 2.08 bits per heavy atom. The molecule has 0 aliphatic rings. The van der Waals surface area contributed by atoms with E-state index < -0.39 is 0 Å². The SMILES string of the molecule is CC(C)c1onc(CN)c1N(C)C. The zero-order valence-corrected chi connectivity index (χ0v) is 8.66. The molecule has 0 saturated heterocycles. The smallest absolute Gasteiger partial charge is 0.162 e. The van der Waals surface area contributed by atoms with Crippen molar-refractivity contribution in [2.24, 2.45) is 5.73 Å². The largest absolute Gasteiger partial charge is 0.373 e. The first kappa shape index (κ1) is 10.1. The van der Waals surface area contributed by atoms with E-state index in [-0.39, 0.29) is 0 Å². The molecule has 1 aromatic heterocycles. The molecule has 0 bridgehead atoms. The number of aromatic nitrogens is 1. The van der Waals surface area contributed by atoms with Gasteiger partial charge in [-0.25, -0.2) is 0 Å². The first-order valence-electron chi connectivity index (χ1n) is 4.43. The van der Waals surface area contributed by atoms with E-state index in [1.807, 2.05) is 19.0 Å². The highest BCUT2D eigenvalue weighted by Crippen LogP contribution is 2.29. The van der Waals surface area contributed by atoms with Gasteiger partial charge in [0.05, 0.1) is 0 Å². The van der Waals surface area contributed by atoms with Gasteiger partial charge in [0.25, 0.3) is 0 Å². The quantitative estimate of drug-likeness (QED) is 0.768. The highest BCUT2D eigenvalue weighted by Gasteiger charge is 2.18. The van der Waals surface area contributed by atoms with Crippen LogP contribution in [0.1, 0.15) is 31.2 Å². The van der Waals surface area contributed by atoms with Gasteiger partial charge in [0.15, 0.2) is 5.76 Å². The highest BCUT2D eigenvalue weighted by molar-refractivity contribution is 5.53. The van der Waals surface area contributed by atoms with E-state index in [0.29, 0.717) is 12.5 Å². The van der Waals surface area contributed by atoms with Crippen molar-refractivity contribution in [3.63, 3.8) is 0 Å². The summed E-state index contributed by atoms with van der Waals surface area (Å²) in [5.41, 5.74) is 7.41. The molecule has 13 heavy (non-hydrogen) atoms. The van der Waals surface area contributed by atoms with E-state index >= 15 is 0 Å². The molecule has 0 spiro atoms. The Morgan fingerprint density at radius 3 is 2.46 bits per heavy atom. The molecule has 0 aliphatic heterocycles. The predicted octanol–water partition coefficient (Wildman–Crippen LogP) is 1.32. The minimum absolute atomic E-state index is 0.338. The van der Waals surface area contributed by atoms with Gasteiger partial charge in [-0.3, -0.25) is 0 Å². The summed E-state index contributed by atoms with van der Waals surface area (Å²) in [7, 11) is 3.94. The van der Waals surface area contributed by atoms with Crippen LogP contribution in [0.25, 0.3) is 0 Å². The second-order valence-corrected chi connectivity index (χ2v) is 3.60. The standard InChI is InChI=1S/C9H17N3O/c1-6(2)9-8(12(3)4)7(5-10)11-13-9/h6H,5,10H2,1-4H3. The van der Waals surface area contributed by atoms with Crippen molar-refractivity contribution in [2.45, 2.75) is 26.3 Å². The normalized spacial score (nSPS) is 10.9. The Morgan fingerprint density at radius 1 is 1.46 bits per heavy atom. The lowest BCUT2D eigenvalue weighted by atomic mass is 10.1. The van der Waals surface area contributed by atoms with Crippen LogP contribution in [-0.4, -0.2) is 19.3 Å². The van der Waals surface area contributed by atoms with E-state index in [9.17, 15) is 0 Å². The number of nitrogens with two attached hydrogens (primary N) is 1. The predicted molar refractivity (Wildman–Crippen MR) is 52.8 cm³/mol. The van der Waals surface area contributed by atoms with Gasteiger partial charge in [-0.05, 0) is 0 Å². The number of anilines is 1. The van der Waals surface area contributed by atoms with Gasteiger partial charge in [0.1, 0.15) is 11.4 Å². The molecule has 0 fully saturated rings. The third kappa shape index (κ3) is 1.83. The van der Waals surface area contributed by atoms with Crippen LogP contribution in [0.2, 0.25) is 0 Å². The van der Waals surface area contributed by atoms with Crippen LogP contribution in [0, 0.1) is 0 Å². The maximum absolute atomic E-state index is 5.55. The minimum atomic E-state index is 0.338. The Hall–Kier alpha value is -1.03. The van der Waals surface area contributed by atoms with Gasteiger partial charge < -0.3 is 15.2 Å². The third-order valence-corrected chi connectivity index (χ3v) is 1.93. The Balaban J connectivity index is 3.14. The fraction of sp³-hybridized carbons (Fsp3) is 0.667. The first-order valence-corrected chi connectivity index (χ1v) is 4.43. The van der Waals surface area contributed by atoms with Crippen LogP contribution < -0.4 is 10.6 Å². The maximum atomic E-state index is 5.55. The van der Waals surface area contributed by atoms with Crippen LogP contribution in [0.5, 0.6) is 0 Å². The van der Waals surface area contributed by atoms with E-state index in [1.165, 1.54) is 0 Å². The molecule has 0 unspecified atom stereocenters. The van der Waals surface area contributed by atoms with Crippen molar-refractivity contribution in [1.82, 2.24) is 5.16 Å². The number of rotatable bonds is 3. The summed E-state index contributed by atoms with van der Waals surface area (Å²) in [5, 5.41) is 3.94. The molecular weight excluding hydrogens is 166 g/mol. The molecule has 1 heterocycles. The number of nitrogens with zero attached hydrogens (tertiary/aromatic N) is 2. The summed E-state index contributed by atoms with van der Waals surface area (Å²) < 4.78 is 5.24. The van der Waals surface area contributed by atoms with Crippen LogP contribution in [-0.2, 0) is 6.54 Å². The van der Waals surface area contributed by atoms with Crippen molar-refractivity contribution >= 4 is 5.69 Å². The average Bonchev–Trinajstić information content (AvgIpc) is 2.46. The van der Waals surface area contributed by atoms with E-state index in [0.717, 1.165) is 17.1 Å². The lowest BCUT2D eigenvalue weighted by Crippen LogP contribution is -2.14. The van der Waals surface area contributed by atoms with Crippen molar-refractivity contribution < 1.29 is 4.52 Å². The molecule has 74 valence electrons. The summed E-state index contributed by atoms with van der Waals surface area (Å²) in [6.45, 7) is 4.57.